The maximum atomic E-state index is 13.0. The smallest absolute Gasteiger partial charge is 0.306 e. The minimum atomic E-state index is -0.804. The van der Waals surface area contributed by atoms with Gasteiger partial charge in [0.25, 0.3) is 0 Å². The Morgan fingerprint density at radius 3 is 0.691 bits per heavy atom. The molecule has 0 aliphatic carbocycles. The number of carbonyl (C=O) groups is 3. The van der Waals surface area contributed by atoms with E-state index < -0.39 is 6.10 Å². The topological polar surface area (TPSA) is 78.9 Å². The first kappa shape index (κ1) is 76.0. The number of ether oxygens (including phenoxy) is 3. The number of unbranched alkanes of at least 4 members (excludes halogenated alkanes) is 21. The van der Waals surface area contributed by atoms with Crippen molar-refractivity contribution in [2.75, 3.05) is 13.2 Å². The predicted molar refractivity (Wildman–Crippen MR) is 352 cm³/mol. The highest BCUT2D eigenvalue weighted by atomic mass is 16.6. The Bertz CT molecular complexity index is 1810. The van der Waals surface area contributed by atoms with Gasteiger partial charge in [0.15, 0.2) is 6.10 Å². The first-order chi connectivity index (χ1) is 40.0. The minimum Gasteiger partial charge on any atom is -0.462 e. The summed E-state index contributed by atoms with van der Waals surface area (Å²) in [5.74, 6) is -0.930. The normalized spacial score (nSPS) is 13.2. The van der Waals surface area contributed by atoms with Gasteiger partial charge in [-0.05, 0) is 141 Å². The highest BCUT2D eigenvalue weighted by Gasteiger charge is 2.19. The molecule has 1 unspecified atom stereocenters. The summed E-state index contributed by atoms with van der Waals surface area (Å²) < 4.78 is 16.9. The number of allylic oxidation sites excluding steroid dienone is 26. The van der Waals surface area contributed by atoms with Gasteiger partial charge >= 0.3 is 17.9 Å². The third-order valence-electron chi connectivity index (χ3n) is 13.5. The summed E-state index contributed by atoms with van der Waals surface area (Å²) in [7, 11) is 0. The van der Waals surface area contributed by atoms with Crippen LogP contribution in [0, 0.1) is 0 Å². The molecule has 0 radical (unpaired) electrons. The molecule has 0 aromatic heterocycles. The summed E-state index contributed by atoms with van der Waals surface area (Å²) in [5, 5.41) is 0. The van der Waals surface area contributed by atoms with Crippen LogP contribution in [0.1, 0.15) is 278 Å². The van der Waals surface area contributed by atoms with Gasteiger partial charge in [-0.1, -0.05) is 275 Å². The first-order valence-corrected chi connectivity index (χ1v) is 33.0. The Hall–Kier alpha value is -4.97. The summed E-state index contributed by atoms with van der Waals surface area (Å²) in [6, 6.07) is 0. The molecule has 0 spiro atoms. The summed E-state index contributed by atoms with van der Waals surface area (Å²) in [6.07, 6.45) is 98.1. The number of carbonyl (C=O) groups excluding carboxylic acids is 3. The molecule has 0 bridgehead atoms. The minimum absolute atomic E-state index is 0.0983. The van der Waals surface area contributed by atoms with Crippen molar-refractivity contribution in [2.24, 2.45) is 0 Å². The largest absolute Gasteiger partial charge is 0.462 e. The fraction of sp³-hybridized carbons (Fsp3) is 0.613. The molecule has 0 aliphatic rings. The molecule has 0 fully saturated rings. The maximum Gasteiger partial charge on any atom is 0.306 e. The lowest BCUT2D eigenvalue weighted by Gasteiger charge is -2.18. The zero-order valence-electron chi connectivity index (χ0n) is 52.2. The van der Waals surface area contributed by atoms with Gasteiger partial charge in [-0.3, -0.25) is 14.4 Å². The molecular weight excluding hydrogens is 997 g/mol. The van der Waals surface area contributed by atoms with E-state index in [0.717, 1.165) is 167 Å². The lowest BCUT2D eigenvalue weighted by atomic mass is 10.1. The predicted octanol–water partition coefficient (Wildman–Crippen LogP) is 22.9. The van der Waals surface area contributed by atoms with Gasteiger partial charge < -0.3 is 14.2 Å². The first-order valence-electron chi connectivity index (χ1n) is 33.0. The molecule has 0 saturated carbocycles. The van der Waals surface area contributed by atoms with E-state index in [1.54, 1.807) is 0 Å². The van der Waals surface area contributed by atoms with Crippen LogP contribution in [0.5, 0.6) is 0 Å². The van der Waals surface area contributed by atoms with Crippen LogP contribution in [-0.2, 0) is 28.6 Å². The molecule has 0 aromatic carbocycles. The van der Waals surface area contributed by atoms with E-state index in [1.807, 2.05) is 0 Å². The monoisotopic (exact) mass is 1120 g/mol. The summed E-state index contributed by atoms with van der Waals surface area (Å²) >= 11 is 0. The lowest BCUT2D eigenvalue weighted by Crippen LogP contribution is -2.30. The molecular formula is C75H120O6. The van der Waals surface area contributed by atoms with E-state index in [1.165, 1.54) is 70.6 Å². The van der Waals surface area contributed by atoms with Gasteiger partial charge in [0.2, 0.25) is 0 Å². The summed E-state index contributed by atoms with van der Waals surface area (Å²) in [5.41, 5.74) is 0. The molecule has 0 N–H and O–H groups in total. The molecule has 0 aromatic rings. The zero-order chi connectivity index (χ0) is 58.5. The van der Waals surface area contributed by atoms with Crippen molar-refractivity contribution in [3.8, 4) is 0 Å². The van der Waals surface area contributed by atoms with E-state index in [9.17, 15) is 14.4 Å². The van der Waals surface area contributed by atoms with E-state index >= 15 is 0 Å². The lowest BCUT2D eigenvalue weighted by molar-refractivity contribution is -0.167. The highest BCUT2D eigenvalue weighted by Crippen LogP contribution is 2.15. The molecule has 1 atom stereocenters. The van der Waals surface area contributed by atoms with Gasteiger partial charge in [0.1, 0.15) is 13.2 Å². The molecule has 6 nitrogen and oxygen atoms in total. The van der Waals surface area contributed by atoms with Crippen LogP contribution >= 0.6 is 0 Å². The SMILES string of the molecule is CC/C=C\C/C=C\C/C=C\C/C=C\C/C=C\CCCCCCCCCC(=O)OCC(COC(=O)CCCCCCCC/C=C\C/C=C\C/C=C\C/C=C\CC)OC(=O)CCCCCCCCCC/C=C\C/C=C\C/C=C\C/C=C\CC. The Kier molecular flexibility index (Phi) is 63.4. The number of hydrogen-bond acceptors (Lipinski definition) is 6. The van der Waals surface area contributed by atoms with Gasteiger partial charge in [0.05, 0.1) is 0 Å². The van der Waals surface area contributed by atoms with Crippen molar-refractivity contribution >= 4 is 17.9 Å². The number of esters is 3. The highest BCUT2D eigenvalue weighted by molar-refractivity contribution is 5.71. The summed E-state index contributed by atoms with van der Waals surface area (Å²) in [6.45, 7) is 6.28. The van der Waals surface area contributed by atoms with Crippen LogP contribution in [0.4, 0.5) is 0 Å². The molecule has 0 amide bonds. The molecule has 0 rings (SSSR count). The molecule has 81 heavy (non-hydrogen) atoms. The zero-order valence-corrected chi connectivity index (χ0v) is 52.2. The Morgan fingerprint density at radius 2 is 0.444 bits per heavy atom. The standard InChI is InChI=1S/C75H120O6/c1-4-7-10-13-16-19-22-25-28-31-34-36-37-39-41-44-47-50-53-56-59-62-65-68-74(77)80-71-72(70-79-73(76)67-64-61-58-55-52-49-46-43-40-33-30-27-24-21-18-15-12-9-6-3)81-75(78)69-66-63-60-57-54-51-48-45-42-38-35-32-29-26-23-20-17-14-11-8-5-2/h7-12,16-21,25-30,34-36,38-41,43,72H,4-6,13-15,22-24,31-33,37,42,44-71H2,1-3H3/b10-7-,11-8-,12-9-,19-16-,20-17-,21-18-,28-25-,29-26-,30-27-,36-34-,38-35-,41-39-,43-40-. The average molecular weight is 1120 g/mol. The van der Waals surface area contributed by atoms with Crippen molar-refractivity contribution < 1.29 is 28.6 Å². The van der Waals surface area contributed by atoms with Gasteiger partial charge in [-0.2, -0.15) is 0 Å². The van der Waals surface area contributed by atoms with Gasteiger partial charge in [-0.15, -0.1) is 0 Å². The van der Waals surface area contributed by atoms with Crippen LogP contribution in [0.15, 0.2) is 158 Å². The van der Waals surface area contributed by atoms with E-state index in [2.05, 4.69) is 179 Å². The fourth-order valence-electron chi connectivity index (χ4n) is 8.69. The molecule has 456 valence electrons. The third-order valence-corrected chi connectivity index (χ3v) is 13.5. The van der Waals surface area contributed by atoms with Gasteiger partial charge in [-0.25, -0.2) is 0 Å². The number of rotatable bonds is 58. The van der Waals surface area contributed by atoms with Gasteiger partial charge in [0, 0.05) is 19.3 Å². The van der Waals surface area contributed by atoms with Crippen molar-refractivity contribution in [1.82, 2.24) is 0 Å². The van der Waals surface area contributed by atoms with Crippen LogP contribution < -0.4 is 0 Å². The average Bonchev–Trinajstić information content (AvgIpc) is 3.47. The van der Waals surface area contributed by atoms with E-state index in [0.29, 0.717) is 19.3 Å². The van der Waals surface area contributed by atoms with Crippen LogP contribution in [0.25, 0.3) is 0 Å². The van der Waals surface area contributed by atoms with E-state index in [4.69, 9.17) is 14.2 Å². The Balaban J connectivity index is 4.48. The Labute approximate surface area is 499 Å². The van der Waals surface area contributed by atoms with Crippen LogP contribution in [0.3, 0.4) is 0 Å². The summed E-state index contributed by atoms with van der Waals surface area (Å²) in [4.78, 5) is 38.4. The van der Waals surface area contributed by atoms with Crippen molar-refractivity contribution in [3.63, 3.8) is 0 Å². The maximum absolute atomic E-state index is 13.0. The van der Waals surface area contributed by atoms with Crippen molar-refractivity contribution in [3.05, 3.63) is 158 Å². The van der Waals surface area contributed by atoms with Crippen LogP contribution in [-0.4, -0.2) is 37.2 Å². The molecule has 6 heteroatoms. The Morgan fingerprint density at radius 1 is 0.247 bits per heavy atom. The second-order valence-electron chi connectivity index (χ2n) is 21.2. The molecule has 0 aliphatic heterocycles. The second-order valence-corrected chi connectivity index (χ2v) is 21.2. The van der Waals surface area contributed by atoms with Crippen molar-refractivity contribution in [1.29, 1.82) is 0 Å². The van der Waals surface area contributed by atoms with Crippen LogP contribution in [0.2, 0.25) is 0 Å². The molecule has 0 saturated heterocycles. The second kappa shape index (κ2) is 67.5. The molecule has 0 heterocycles. The van der Waals surface area contributed by atoms with E-state index in [-0.39, 0.29) is 31.1 Å². The number of hydrogen-bond donors (Lipinski definition) is 0. The van der Waals surface area contributed by atoms with Crippen molar-refractivity contribution in [2.45, 2.75) is 284 Å². The third kappa shape index (κ3) is 65.7. The fourth-order valence-corrected chi connectivity index (χ4v) is 8.69. The quantitative estimate of drug-likeness (QED) is 0.0261.